The molecule has 0 saturated heterocycles. The highest BCUT2D eigenvalue weighted by molar-refractivity contribution is 6.30. The average Bonchev–Trinajstić information content (AvgIpc) is 3.25. The predicted octanol–water partition coefficient (Wildman–Crippen LogP) is 5.13. The quantitative estimate of drug-likeness (QED) is 0.273. The Bertz CT molecular complexity index is 1350. The van der Waals surface area contributed by atoms with E-state index in [1.54, 1.807) is 12.3 Å². The third kappa shape index (κ3) is 5.93. The van der Waals surface area contributed by atoms with Gasteiger partial charge >= 0.3 is 0 Å². The fourth-order valence-electron chi connectivity index (χ4n) is 4.39. The molecule has 2 aromatic heterocycles. The minimum atomic E-state index is -1.45. The lowest BCUT2D eigenvalue weighted by Gasteiger charge is -2.21. The van der Waals surface area contributed by atoms with Gasteiger partial charge in [0.1, 0.15) is 5.69 Å². The van der Waals surface area contributed by atoms with Crippen molar-refractivity contribution in [3.8, 4) is 11.1 Å². The maximum Gasteiger partial charge on any atom is 0.269 e. The topological polar surface area (TPSA) is 100 Å². The number of nitrogens with one attached hydrogen (secondary N) is 1. The van der Waals surface area contributed by atoms with Crippen LogP contribution < -0.4 is 5.32 Å². The van der Waals surface area contributed by atoms with Gasteiger partial charge in [-0.3, -0.25) is 14.5 Å². The van der Waals surface area contributed by atoms with Crippen molar-refractivity contribution in [3.63, 3.8) is 0 Å². The van der Waals surface area contributed by atoms with Crippen LogP contribution >= 0.6 is 11.6 Å². The Morgan fingerprint density at radius 1 is 1.08 bits per heavy atom. The molecular weight excluding hydrogens is 476 g/mol. The number of fused-ring (bicyclic) bond motifs is 1. The zero-order chi connectivity index (χ0) is 25.8. The van der Waals surface area contributed by atoms with E-state index in [0.717, 1.165) is 44.6 Å². The lowest BCUT2D eigenvalue weighted by molar-refractivity contribution is -0.0440. The van der Waals surface area contributed by atoms with E-state index in [4.69, 9.17) is 26.9 Å². The number of aliphatic hydroxyl groups excluding tert-OH is 1. The Kier molecular flexibility index (Phi) is 8.04. The third-order valence-corrected chi connectivity index (χ3v) is 6.41. The minimum Gasteiger partial charge on any atom is -0.368 e. The van der Waals surface area contributed by atoms with Crippen LogP contribution in [0.3, 0.4) is 0 Å². The van der Waals surface area contributed by atoms with Crippen LogP contribution in [0.4, 0.5) is 0 Å². The number of aryl methyl sites for hydroxylation is 1. The maximum absolute atomic E-state index is 12.3. The van der Waals surface area contributed by atoms with E-state index < -0.39 is 6.29 Å². The molecule has 4 rings (SSSR count). The van der Waals surface area contributed by atoms with Crippen LogP contribution in [-0.4, -0.2) is 43.7 Å². The molecule has 0 spiro atoms. The van der Waals surface area contributed by atoms with Crippen LogP contribution in [0.2, 0.25) is 5.02 Å². The Morgan fingerprint density at radius 3 is 2.56 bits per heavy atom. The number of aliphatic hydroxyl groups is 2. The normalized spacial score (nSPS) is 12.4. The number of nitrogens with zero attached hydrogens (tertiary/aromatic N) is 3. The zero-order valence-electron chi connectivity index (χ0n) is 20.6. The standard InChI is InChI=1S/C28H31ClN4O3/c1-17(2)12-26(20-4-8-24(31-15-20)28(36)30-11-10-27(34)35)33-25-9-5-19(14-21(25)16-32-33)23-7-6-22(29)13-18(23)3/h4-9,13-17,26-27,34-35H,10-12H2,1-3H3,(H,30,36). The number of amides is 1. The Hall–Kier alpha value is -3.26. The molecule has 36 heavy (non-hydrogen) atoms. The second-order valence-corrected chi connectivity index (χ2v) is 9.91. The van der Waals surface area contributed by atoms with Crippen LogP contribution in [0.25, 0.3) is 22.0 Å². The molecule has 0 aliphatic rings. The second kappa shape index (κ2) is 11.2. The summed E-state index contributed by atoms with van der Waals surface area (Å²) in [6.45, 7) is 6.56. The first-order valence-corrected chi connectivity index (χ1v) is 12.4. The van der Waals surface area contributed by atoms with E-state index in [9.17, 15) is 4.79 Å². The van der Waals surface area contributed by atoms with Crippen molar-refractivity contribution in [3.05, 3.63) is 82.8 Å². The van der Waals surface area contributed by atoms with Gasteiger partial charge in [0.2, 0.25) is 0 Å². The molecule has 0 aliphatic carbocycles. The van der Waals surface area contributed by atoms with Gasteiger partial charge in [0.25, 0.3) is 5.91 Å². The molecule has 3 N–H and O–H groups in total. The van der Waals surface area contributed by atoms with Crippen molar-refractivity contribution in [2.75, 3.05) is 6.54 Å². The first-order chi connectivity index (χ1) is 17.2. The molecule has 7 nitrogen and oxygen atoms in total. The molecule has 0 radical (unpaired) electrons. The lowest BCUT2D eigenvalue weighted by atomic mass is 9.97. The van der Waals surface area contributed by atoms with E-state index in [2.05, 4.69) is 49.3 Å². The molecule has 2 heterocycles. The summed E-state index contributed by atoms with van der Waals surface area (Å²) in [7, 11) is 0. The number of aromatic nitrogens is 3. The number of pyridine rings is 1. The summed E-state index contributed by atoms with van der Waals surface area (Å²) in [5.74, 6) is 0.0651. The van der Waals surface area contributed by atoms with Crippen LogP contribution in [0.1, 0.15) is 54.3 Å². The summed E-state index contributed by atoms with van der Waals surface area (Å²) in [4.78, 5) is 16.7. The molecule has 0 aliphatic heterocycles. The first kappa shape index (κ1) is 25.8. The van der Waals surface area contributed by atoms with Gasteiger partial charge < -0.3 is 15.5 Å². The fraction of sp³-hybridized carbons (Fsp3) is 0.321. The summed E-state index contributed by atoms with van der Waals surface area (Å²) in [6, 6.07) is 15.8. The summed E-state index contributed by atoms with van der Waals surface area (Å²) >= 11 is 6.14. The number of carbonyl (C=O) groups excluding carboxylic acids is 1. The van der Waals surface area contributed by atoms with E-state index in [0.29, 0.717) is 5.92 Å². The third-order valence-electron chi connectivity index (χ3n) is 6.18. The Labute approximate surface area is 215 Å². The summed E-state index contributed by atoms with van der Waals surface area (Å²) in [5.41, 5.74) is 5.65. The number of hydrogen-bond acceptors (Lipinski definition) is 5. The summed E-state index contributed by atoms with van der Waals surface area (Å²) < 4.78 is 2.03. The van der Waals surface area contributed by atoms with Gasteiger partial charge in [-0.2, -0.15) is 5.10 Å². The van der Waals surface area contributed by atoms with E-state index in [1.807, 2.05) is 35.1 Å². The zero-order valence-corrected chi connectivity index (χ0v) is 21.4. The molecule has 1 unspecified atom stereocenters. The summed E-state index contributed by atoms with van der Waals surface area (Å²) in [6.07, 6.45) is 3.08. The van der Waals surface area contributed by atoms with Gasteiger partial charge in [0, 0.05) is 29.6 Å². The second-order valence-electron chi connectivity index (χ2n) is 9.47. The van der Waals surface area contributed by atoms with Gasteiger partial charge in [-0.25, -0.2) is 0 Å². The Balaban J connectivity index is 1.62. The number of carbonyl (C=O) groups is 1. The molecule has 8 heteroatoms. The predicted molar refractivity (Wildman–Crippen MR) is 142 cm³/mol. The van der Waals surface area contributed by atoms with Gasteiger partial charge in [0.05, 0.1) is 17.8 Å². The fourth-order valence-corrected chi connectivity index (χ4v) is 4.61. The van der Waals surface area contributed by atoms with E-state index in [-0.39, 0.29) is 30.6 Å². The monoisotopic (exact) mass is 506 g/mol. The van der Waals surface area contributed by atoms with E-state index in [1.165, 1.54) is 0 Å². The van der Waals surface area contributed by atoms with Crippen molar-refractivity contribution in [1.82, 2.24) is 20.1 Å². The van der Waals surface area contributed by atoms with Gasteiger partial charge in [0.15, 0.2) is 6.29 Å². The van der Waals surface area contributed by atoms with Crippen LogP contribution in [0, 0.1) is 12.8 Å². The first-order valence-electron chi connectivity index (χ1n) is 12.1. The molecule has 0 fully saturated rings. The van der Waals surface area contributed by atoms with E-state index >= 15 is 0 Å². The number of benzene rings is 2. The average molecular weight is 507 g/mol. The van der Waals surface area contributed by atoms with Gasteiger partial charge in [-0.1, -0.05) is 43.6 Å². The van der Waals surface area contributed by atoms with Crippen LogP contribution in [0.15, 0.2) is 60.9 Å². The molecule has 0 saturated carbocycles. The molecule has 4 aromatic rings. The molecular formula is C28H31ClN4O3. The summed E-state index contributed by atoms with van der Waals surface area (Å²) in [5, 5.41) is 27.0. The van der Waals surface area contributed by atoms with Crippen molar-refractivity contribution in [2.24, 2.45) is 5.92 Å². The smallest absolute Gasteiger partial charge is 0.269 e. The largest absolute Gasteiger partial charge is 0.368 e. The maximum atomic E-state index is 12.3. The number of rotatable bonds is 9. The lowest BCUT2D eigenvalue weighted by Crippen LogP contribution is -2.27. The van der Waals surface area contributed by atoms with Gasteiger partial charge in [-0.15, -0.1) is 0 Å². The molecule has 1 atom stereocenters. The van der Waals surface area contributed by atoms with Crippen LogP contribution in [0.5, 0.6) is 0 Å². The number of hydrogen-bond donors (Lipinski definition) is 3. The highest BCUT2D eigenvalue weighted by Gasteiger charge is 2.20. The van der Waals surface area contributed by atoms with Crippen molar-refractivity contribution in [2.45, 2.75) is 45.9 Å². The van der Waals surface area contributed by atoms with Crippen LogP contribution in [-0.2, 0) is 0 Å². The highest BCUT2D eigenvalue weighted by Crippen LogP contribution is 2.32. The van der Waals surface area contributed by atoms with Gasteiger partial charge in [-0.05, 0) is 71.8 Å². The highest BCUT2D eigenvalue weighted by atomic mass is 35.5. The van der Waals surface area contributed by atoms with Crippen molar-refractivity contribution < 1.29 is 15.0 Å². The molecule has 188 valence electrons. The SMILES string of the molecule is Cc1cc(Cl)ccc1-c1ccc2c(cnn2C(CC(C)C)c2ccc(C(=O)NCCC(O)O)nc2)c1. The molecule has 0 bridgehead atoms. The minimum absolute atomic E-state index is 0.0419. The molecule has 1 amide bonds. The Morgan fingerprint density at radius 2 is 1.89 bits per heavy atom. The number of halogens is 1. The molecule has 2 aromatic carbocycles. The van der Waals surface area contributed by atoms with Crippen molar-refractivity contribution in [1.29, 1.82) is 0 Å². The van der Waals surface area contributed by atoms with Crippen molar-refractivity contribution >= 4 is 28.4 Å².